The number of piperazine rings is 1. The monoisotopic (exact) mass is 222 g/mol. The topological polar surface area (TPSA) is 58.6 Å². The zero-order valence-corrected chi connectivity index (χ0v) is 8.04. The molecular formula is C8H12F2N2O3. The van der Waals surface area contributed by atoms with Crippen molar-refractivity contribution < 1.29 is 23.1 Å². The Hall–Kier alpha value is -1.24. The molecule has 1 fully saturated rings. The minimum Gasteiger partial charge on any atom is -0.374 e. The van der Waals surface area contributed by atoms with Gasteiger partial charge in [0, 0.05) is 6.54 Å². The van der Waals surface area contributed by atoms with Gasteiger partial charge in [0.1, 0.15) is 6.61 Å². The quantitative estimate of drug-likeness (QED) is 0.621. The summed E-state index contributed by atoms with van der Waals surface area (Å²) < 4.78 is 27.9. The average Bonchev–Trinajstić information content (AvgIpc) is 2.17. The number of carbonyl (C=O) groups excluding carboxylic acids is 2. The molecule has 1 N–H and O–H groups in total. The average molecular weight is 222 g/mol. The Morgan fingerprint density at radius 2 is 2.20 bits per heavy atom. The summed E-state index contributed by atoms with van der Waals surface area (Å²) in [6.07, 6.45) is -2.51. The van der Waals surface area contributed by atoms with Crippen LogP contribution in [0.2, 0.25) is 0 Å². The maximum absolute atomic E-state index is 11.7. The maximum atomic E-state index is 11.7. The van der Waals surface area contributed by atoms with Gasteiger partial charge in [-0.15, -0.1) is 0 Å². The van der Waals surface area contributed by atoms with Crippen molar-refractivity contribution in [2.24, 2.45) is 0 Å². The molecule has 1 heterocycles. The van der Waals surface area contributed by atoms with Crippen LogP contribution in [-0.2, 0) is 14.3 Å². The van der Waals surface area contributed by atoms with Crippen LogP contribution in [0.1, 0.15) is 0 Å². The summed E-state index contributed by atoms with van der Waals surface area (Å²) in [6, 6.07) is 0. The number of nitrogens with zero attached hydrogens (tertiary/aromatic N) is 1. The lowest BCUT2D eigenvalue weighted by Gasteiger charge is -2.26. The number of carbonyl (C=O) groups is 2. The molecule has 1 saturated heterocycles. The molecule has 1 aliphatic heterocycles. The van der Waals surface area contributed by atoms with Gasteiger partial charge >= 0.3 is 0 Å². The lowest BCUT2D eigenvalue weighted by molar-refractivity contribution is -0.141. The third-order valence-electron chi connectivity index (χ3n) is 1.87. The minimum absolute atomic E-state index is 0.0172. The Balaban J connectivity index is 2.19. The van der Waals surface area contributed by atoms with Crippen LogP contribution >= 0.6 is 0 Å². The lowest BCUT2D eigenvalue weighted by Crippen LogP contribution is -2.52. The van der Waals surface area contributed by atoms with Crippen molar-refractivity contribution in [3.63, 3.8) is 0 Å². The van der Waals surface area contributed by atoms with Crippen LogP contribution in [-0.4, -0.2) is 56.0 Å². The van der Waals surface area contributed by atoms with E-state index in [1.54, 1.807) is 0 Å². The van der Waals surface area contributed by atoms with Crippen LogP contribution in [0.3, 0.4) is 0 Å². The third kappa shape index (κ3) is 4.20. The van der Waals surface area contributed by atoms with E-state index in [2.05, 4.69) is 10.1 Å². The fourth-order valence-electron chi connectivity index (χ4n) is 1.15. The maximum Gasteiger partial charge on any atom is 0.261 e. The normalized spacial score (nSPS) is 17.1. The SMILES string of the molecule is O=C1CN(CCOCC(F)F)C(=O)CN1. The molecule has 0 atom stereocenters. The molecule has 15 heavy (non-hydrogen) atoms. The predicted molar refractivity (Wildman–Crippen MR) is 46.4 cm³/mol. The number of ether oxygens (including phenoxy) is 1. The first-order valence-electron chi connectivity index (χ1n) is 4.50. The largest absolute Gasteiger partial charge is 0.374 e. The van der Waals surface area contributed by atoms with Crippen molar-refractivity contribution >= 4 is 11.8 Å². The zero-order valence-electron chi connectivity index (χ0n) is 8.04. The fraction of sp³-hybridized carbons (Fsp3) is 0.750. The molecule has 0 spiro atoms. The molecular weight excluding hydrogens is 210 g/mol. The number of alkyl halides is 2. The Bertz CT molecular complexity index is 248. The van der Waals surface area contributed by atoms with E-state index < -0.39 is 13.0 Å². The van der Waals surface area contributed by atoms with Crippen LogP contribution in [0.15, 0.2) is 0 Å². The van der Waals surface area contributed by atoms with Crippen molar-refractivity contribution in [1.82, 2.24) is 10.2 Å². The van der Waals surface area contributed by atoms with Gasteiger partial charge in [-0.1, -0.05) is 0 Å². The molecule has 7 heteroatoms. The molecule has 1 rings (SSSR count). The Kier molecular flexibility index (Phi) is 4.41. The summed E-state index contributed by atoms with van der Waals surface area (Å²) in [7, 11) is 0. The summed E-state index contributed by atoms with van der Waals surface area (Å²) in [4.78, 5) is 23.4. The lowest BCUT2D eigenvalue weighted by atomic mass is 10.3. The van der Waals surface area contributed by atoms with E-state index in [0.29, 0.717) is 0 Å². The Labute approximate surface area is 85.4 Å². The molecule has 0 aromatic rings. The number of amides is 2. The molecule has 0 radical (unpaired) electrons. The standard InChI is InChI=1S/C8H12F2N2O3/c9-6(10)5-15-2-1-12-4-7(13)11-3-8(12)14/h6H,1-5H2,(H,11,13). The first-order chi connectivity index (χ1) is 7.09. The first-order valence-corrected chi connectivity index (χ1v) is 4.50. The van der Waals surface area contributed by atoms with E-state index in [1.807, 2.05) is 0 Å². The molecule has 5 nitrogen and oxygen atoms in total. The molecule has 0 aromatic carbocycles. The van der Waals surface area contributed by atoms with E-state index in [0.717, 1.165) is 0 Å². The summed E-state index contributed by atoms with van der Waals surface area (Å²) in [5.74, 6) is -0.473. The highest BCUT2D eigenvalue weighted by Gasteiger charge is 2.22. The number of rotatable bonds is 5. The first kappa shape index (κ1) is 11.8. The molecule has 0 bridgehead atoms. The number of halogens is 2. The summed E-state index contributed by atoms with van der Waals surface area (Å²) in [5, 5.41) is 2.38. The molecule has 0 unspecified atom stereocenters. The van der Waals surface area contributed by atoms with Crippen LogP contribution in [0.25, 0.3) is 0 Å². The smallest absolute Gasteiger partial charge is 0.261 e. The molecule has 2 amide bonds. The Morgan fingerprint density at radius 3 is 2.87 bits per heavy atom. The molecule has 0 aliphatic carbocycles. The molecule has 0 aromatic heterocycles. The van der Waals surface area contributed by atoms with Crippen molar-refractivity contribution in [3.05, 3.63) is 0 Å². The summed E-state index contributed by atoms with van der Waals surface area (Å²) >= 11 is 0. The highest BCUT2D eigenvalue weighted by Crippen LogP contribution is 1.97. The predicted octanol–water partition coefficient (Wildman–Crippen LogP) is -0.773. The van der Waals surface area contributed by atoms with E-state index in [9.17, 15) is 18.4 Å². The second-order valence-corrected chi connectivity index (χ2v) is 3.06. The molecule has 1 aliphatic rings. The van der Waals surface area contributed by atoms with Gasteiger partial charge in [-0.3, -0.25) is 9.59 Å². The Morgan fingerprint density at radius 1 is 1.47 bits per heavy atom. The fourth-order valence-corrected chi connectivity index (χ4v) is 1.15. The van der Waals surface area contributed by atoms with E-state index >= 15 is 0 Å². The van der Waals surface area contributed by atoms with E-state index in [1.165, 1.54) is 4.90 Å². The van der Waals surface area contributed by atoms with Crippen LogP contribution < -0.4 is 5.32 Å². The van der Waals surface area contributed by atoms with Gasteiger partial charge in [0.2, 0.25) is 11.8 Å². The minimum atomic E-state index is -2.51. The van der Waals surface area contributed by atoms with E-state index in [-0.39, 0.29) is 38.1 Å². The van der Waals surface area contributed by atoms with Crippen molar-refractivity contribution in [2.45, 2.75) is 6.43 Å². The number of hydrogen-bond acceptors (Lipinski definition) is 3. The highest BCUT2D eigenvalue weighted by atomic mass is 19.3. The van der Waals surface area contributed by atoms with Crippen molar-refractivity contribution in [2.75, 3.05) is 32.8 Å². The van der Waals surface area contributed by atoms with Gasteiger partial charge < -0.3 is 15.0 Å². The van der Waals surface area contributed by atoms with Gasteiger partial charge in [0.25, 0.3) is 6.43 Å². The van der Waals surface area contributed by atoms with Gasteiger partial charge in [-0.2, -0.15) is 0 Å². The van der Waals surface area contributed by atoms with Gasteiger partial charge in [-0.05, 0) is 0 Å². The van der Waals surface area contributed by atoms with E-state index in [4.69, 9.17) is 0 Å². The highest BCUT2D eigenvalue weighted by molar-refractivity contribution is 5.92. The zero-order chi connectivity index (χ0) is 11.3. The van der Waals surface area contributed by atoms with Crippen molar-refractivity contribution in [1.29, 1.82) is 0 Å². The van der Waals surface area contributed by atoms with Crippen LogP contribution in [0, 0.1) is 0 Å². The van der Waals surface area contributed by atoms with Crippen LogP contribution in [0.4, 0.5) is 8.78 Å². The summed E-state index contributed by atoms with van der Waals surface area (Å²) in [5.41, 5.74) is 0. The third-order valence-corrected chi connectivity index (χ3v) is 1.87. The molecule has 0 saturated carbocycles. The molecule has 86 valence electrons. The van der Waals surface area contributed by atoms with Crippen LogP contribution in [0.5, 0.6) is 0 Å². The van der Waals surface area contributed by atoms with Crippen molar-refractivity contribution in [3.8, 4) is 0 Å². The van der Waals surface area contributed by atoms with Gasteiger partial charge in [0.05, 0.1) is 19.7 Å². The second kappa shape index (κ2) is 5.59. The summed E-state index contributed by atoms with van der Waals surface area (Å²) in [6.45, 7) is -0.527. The number of nitrogens with one attached hydrogen (secondary N) is 1. The van der Waals surface area contributed by atoms with Gasteiger partial charge in [-0.25, -0.2) is 8.78 Å². The van der Waals surface area contributed by atoms with Gasteiger partial charge in [0.15, 0.2) is 0 Å². The number of hydrogen-bond donors (Lipinski definition) is 1. The second-order valence-electron chi connectivity index (χ2n) is 3.06.